The fraction of sp³-hybridized carbons (Fsp3) is 0.0800. The van der Waals surface area contributed by atoms with Gasteiger partial charge in [0.1, 0.15) is 10.7 Å². The maximum Gasteiger partial charge on any atom is 0.272 e. The largest absolute Gasteiger partial charge is 0.321 e. The Morgan fingerprint density at radius 2 is 1.83 bits per heavy atom. The molecule has 182 valence electrons. The Labute approximate surface area is 219 Å². The predicted molar refractivity (Wildman–Crippen MR) is 145 cm³/mol. The number of hydrogen-bond acceptors (Lipinski definition) is 8. The molecule has 0 unspecified atom stereocenters. The molecule has 36 heavy (non-hydrogen) atoms. The molecule has 0 atom stereocenters. The quantitative estimate of drug-likeness (QED) is 0.204. The third kappa shape index (κ3) is 7.35. The van der Waals surface area contributed by atoms with Gasteiger partial charge in [-0.05, 0) is 65.7 Å². The standard InChI is InChI=1S/C25H21N5O3S3/c1-16-29-30-25(36-16)28-22(31)15-35-20-9-5-8-19(13-20)26-24(33)21(12-17-10-11-34-14-17)27-23(32)18-6-3-2-4-7-18/h2-14H,15H2,1H3,(H,26,33)(H,27,32)(H,28,30,31)/b21-12-. The SMILES string of the molecule is Cc1nnc(NC(=O)CSc2cccc(NC(=O)/C(=C/c3ccsc3)NC(=O)c3ccccc3)c2)s1. The summed E-state index contributed by atoms with van der Waals surface area (Å²) in [6.07, 6.45) is 1.63. The minimum absolute atomic E-state index is 0.118. The van der Waals surface area contributed by atoms with E-state index < -0.39 is 5.91 Å². The molecule has 2 aromatic heterocycles. The maximum absolute atomic E-state index is 13.1. The number of benzene rings is 2. The number of carbonyl (C=O) groups is 3. The van der Waals surface area contributed by atoms with Crippen molar-refractivity contribution in [3.8, 4) is 0 Å². The maximum atomic E-state index is 13.1. The van der Waals surface area contributed by atoms with Gasteiger partial charge >= 0.3 is 0 Å². The normalized spacial score (nSPS) is 11.1. The third-order valence-electron chi connectivity index (χ3n) is 4.62. The van der Waals surface area contributed by atoms with E-state index in [0.29, 0.717) is 16.4 Å². The first-order valence-corrected chi connectivity index (χ1v) is 13.5. The molecule has 0 spiro atoms. The first kappa shape index (κ1) is 25.3. The molecule has 0 saturated carbocycles. The molecule has 3 N–H and O–H groups in total. The first-order chi connectivity index (χ1) is 17.5. The molecular formula is C25H21N5O3S3. The van der Waals surface area contributed by atoms with Crippen LogP contribution >= 0.6 is 34.4 Å². The van der Waals surface area contributed by atoms with Gasteiger partial charge in [-0.1, -0.05) is 35.6 Å². The van der Waals surface area contributed by atoms with Gasteiger partial charge in [-0.2, -0.15) is 11.3 Å². The van der Waals surface area contributed by atoms with Crippen LogP contribution < -0.4 is 16.0 Å². The van der Waals surface area contributed by atoms with Crippen LogP contribution in [0.1, 0.15) is 20.9 Å². The Morgan fingerprint density at radius 3 is 2.56 bits per heavy atom. The van der Waals surface area contributed by atoms with Gasteiger partial charge in [0.25, 0.3) is 11.8 Å². The highest BCUT2D eigenvalue weighted by atomic mass is 32.2. The zero-order valence-corrected chi connectivity index (χ0v) is 21.5. The van der Waals surface area contributed by atoms with Crippen molar-refractivity contribution in [2.24, 2.45) is 0 Å². The van der Waals surface area contributed by atoms with Crippen molar-refractivity contribution < 1.29 is 14.4 Å². The molecule has 0 aliphatic heterocycles. The van der Waals surface area contributed by atoms with Crippen molar-refractivity contribution in [1.82, 2.24) is 15.5 Å². The molecule has 2 heterocycles. The van der Waals surface area contributed by atoms with E-state index in [1.165, 1.54) is 34.4 Å². The molecule has 0 radical (unpaired) electrons. The van der Waals surface area contributed by atoms with Gasteiger partial charge in [-0.3, -0.25) is 19.7 Å². The monoisotopic (exact) mass is 535 g/mol. The van der Waals surface area contributed by atoms with Crippen LogP contribution in [0, 0.1) is 6.92 Å². The Hall–Kier alpha value is -3.80. The summed E-state index contributed by atoms with van der Waals surface area (Å²) in [5.74, 6) is -0.868. The number of thioether (sulfide) groups is 1. The van der Waals surface area contributed by atoms with Crippen LogP contribution in [-0.2, 0) is 9.59 Å². The van der Waals surface area contributed by atoms with E-state index in [-0.39, 0.29) is 23.3 Å². The third-order valence-corrected chi connectivity index (χ3v) is 7.07. The van der Waals surface area contributed by atoms with E-state index in [1.807, 2.05) is 35.9 Å². The molecule has 4 aromatic rings. The lowest BCUT2D eigenvalue weighted by Gasteiger charge is -2.12. The van der Waals surface area contributed by atoms with Crippen LogP contribution in [0.15, 0.2) is 82.0 Å². The lowest BCUT2D eigenvalue weighted by Crippen LogP contribution is -2.30. The average molecular weight is 536 g/mol. The Morgan fingerprint density at radius 1 is 1.00 bits per heavy atom. The Bertz CT molecular complexity index is 1380. The summed E-state index contributed by atoms with van der Waals surface area (Å²) in [5, 5.41) is 21.0. The van der Waals surface area contributed by atoms with Crippen LogP contribution in [0.3, 0.4) is 0 Å². The summed E-state index contributed by atoms with van der Waals surface area (Å²) in [4.78, 5) is 38.8. The van der Waals surface area contributed by atoms with Gasteiger partial charge in [0, 0.05) is 16.1 Å². The summed E-state index contributed by atoms with van der Waals surface area (Å²) in [5.41, 5.74) is 1.91. The van der Waals surface area contributed by atoms with Crippen LogP contribution in [0.25, 0.3) is 6.08 Å². The number of carbonyl (C=O) groups excluding carboxylic acids is 3. The number of aryl methyl sites for hydroxylation is 1. The summed E-state index contributed by atoms with van der Waals surface area (Å²) < 4.78 is 0. The summed E-state index contributed by atoms with van der Waals surface area (Å²) in [7, 11) is 0. The van der Waals surface area contributed by atoms with Gasteiger partial charge in [-0.25, -0.2) is 0 Å². The Balaban J connectivity index is 1.41. The zero-order chi connectivity index (χ0) is 25.3. The molecule has 8 nitrogen and oxygen atoms in total. The number of rotatable bonds is 9. The van der Waals surface area contributed by atoms with E-state index >= 15 is 0 Å². The molecule has 11 heteroatoms. The number of amides is 3. The van der Waals surface area contributed by atoms with Gasteiger partial charge in [0.2, 0.25) is 11.0 Å². The number of thiophene rings is 1. The van der Waals surface area contributed by atoms with Gasteiger partial charge < -0.3 is 10.6 Å². The molecular weight excluding hydrogens is 515 g/mol. The predicted octanol–water partition coefficient (Wildman–Crippen LogP) is 5.05. The number of nitrogens with one attached hydrogen (secondary N) is 3. The van der Waals surface area contributed by atoms with E-state index in [0.717, 1.165) is 15.5 Å². The summed E-state index contributed by atoms with van der Waals surface area (Å²) in [6, 6.07) is 17.7. The molecule has 0 aliphatic carbocycles. The van der Waals surface area contributed by atoms with Crippen molar-refractivity contribution in [1.29, 1.82) is 0 Å². The van der Waals surface area contributed by atoms with E-state index in [4.69, 9.17) is 0 Å². The average Bonchev–Trinajstić information content (AvgIpc) is 3.54. The molecule has 0 aliphatic rings. The summed E-state index contributed by atoms with van der Waals surface area (Å²) >= 11 is 4.13. The minimum Gasteiger partial charge on any atom is -0.321 e. The molecule has 4 rings (SSSR count). The zero-order valence-electron chi connectivity index (χ0n) is 19.1. The van der Waals surface area contributed by atoms with Gasteiger partial charge in [-0.15, -0.1) is 22.0 Å². The van der Waals surface area contributed by atoms with Gasteiger partial charge in [0.05, 0.1) is 5.75 Å². The van der Waals surface area contributed by atoms with E-state index in [1.54, 1.807) is 48.5 Å². The lowest BCUT2D eigenvalue weighted by molar-refractivity contribution is -0.114. The molecule has 2 aromatic carbocycles. The van der Waals surface area contributed by atoms with Crippen molar-refractivity contribution in [3.05, 3.63) is 93.3 Å². The highest BCUT2D eigenvalue weighted by molar-refractivity contribution is 8.00. The first-order valence-electron chi connectivity index (χ1n) is 10.7. The molecule has 0 fully saturated rings. The smallest absolute Gasteiger partial charge is 0.272 e. The molecule has 0 bridgehead atoms. The van der Waals surface area contributed by atoms with Crippen molar-refractivity contribution >= 4 is 69.1 Å². The number of hydrogen-bond donors (Lipinski definition) is 3. The highest BCUT2D eigenvalue weighted by Gasteiger charge is 2.15. The van der Waals surface area contributed by atoms with E-state index in [9.17, 15) is 14.4 Å². The van der Waals surface area contributed by atoms with E-state index in [2.05, 4.69) is 26.1 Å². The molecule has 0 saturated heterocycles. The lowest BCUT2D eigenvalue weighted by atomic mass is 10.2. The fourth-order valence-electron chi connectivity index (χ4n) is 2.98. The number of nitrogens with zero attached hydrogens (tertiary/aromatic N) is 2. The Kier molecular flexibility index (Phi) is 8.61. The number of anilines is 2. The highest BCUT2D eigenvalue weighted by Crippen LogP contribution is 2.23. The van der Waals surface area contributed by atoms with Crippen molar-refractivity contribution in [2.45, 2.75) is 11.8 Å². The van der Waals surface area contributed by atoms with Crippen molar-refractivity contribution in [3.63, 3.8) is 0 Å². The van der Waals surface area contributed by atoms with Crippen LogP contribution in [0.5, 0.6) is 0 Å². The minimum atomic E-state index is -0.461. The van der Waals surface area contributed by atoms with Crippen molar-refractivity contribution in [2.75, 3.05) is 16.4 Å². The van der Waals surface area contributed by atoms with Crippen LogP contribution in [0.4, 0.5) is 10.8 Å². The second-order valence-electron chi connectivity index (χ2n) is 7.38. The second-order valence-corrected chi connectivity index (χ2v) is 10.4. The fourth-order valence-corrected chi connectivity index (χ4v) is 4.96. The second kappa shape index (κ2) is 12.2. The van der Waals surface area contributed by atoms with Crippen LogP contribution in [-0.4, -0.2) is 33.7 Å². The van der Waals surface area contributed by atoms with Gasteiger partial charge in [0.15, 0.2) is 0 Å². The topological polar surface area (TPSA) is 113 Å². The molecule has 3 amide bonds. The van der Waals surface area contributed by atoms with Crippen LogP contribution in [0.2, 0.25) is 0 Å². The number of aromatic nitrogens is 2. The summed E-state index contributed by atoms with van der Waals surface area (Å²) in [6.45, 7) is 1.82.